The minimum atomic E-state index is -0.510. The molecule has 0 N–H and O–H groups in total. The molecule has 0 aliphatic rings. The second-order valence-corrected chi connectivity index (χ2v) is 3.21. The number of benzene rings is 1. The maximum absolute atomic E-state index is 12.9. The van der Waals surface area contributed by atoms with Gasteiger partial charge in [0.2, 0.25) is 0 Å². The van der Waals surface area contributed by atoms with E-state index in [0.717, 1.165) is 0 Å². The van der Waals surface area contributed by atoms with E-state index < -0.39 is 5.82 Å². The predicted octanol–water partition coefficient (Wildman–Crippen LogP) is 3.08. The van der Waals surface area contributed by atoms with E-state index in [9.17, 15) is 4.39 Å². The maximum Gasteiger partial charge on any atom is 0.143 e. The summed E-state index contributed by atoms with van der Waals surface area (Å²) in [4.78, 5) is 7.60. The number of aromatic nitrogens is 2. The van der Waals surface area contributed by atoms with Crippen molar-refractivity contribution in [3.8, 4) is 0 Å². The summed E-state index contributed by atoms with van der Waals surface area (Å²) in [5, 5.41) is 0.840. The monoisotopic (exact) mass is 216 g/mol. The first-order valence-corrected chi connectivity index (χ1v) is 4.19. The SMILES string of the molecule is Fc1cc2ncnc(Cl)c2cc1Cl. The zero-order valence-corrected chi connectivity index (χ0v) is 7.77. The molecule has 0 aliphatic carbocycles. The minimum absolute atomic E-state index is 0.0178. The van der Waals surface area contributed by atoms with E-state index in [1.807, 2.05) is 0 Å². The zero-order chi connectivity index (χ0) is 9.42. The van der Waals surface area contributed by atoms with Crippen molar-refractivity contribution in [3.63, 3.8) is 0 Å². The summed E-state index contributed by atoms with van der Waals surface area (Å²) < 4.78 is 12.9. The first-order valence-electron chi connectivity index (χ1n) is 3.44. The number of halogens is 3. The van der Waals surface area contributed by atoms with Crippen molar-refractivity contribution in [3.05, 3.63) is 34.5 Å². The first-order chi connectivity index (χ1) is 6.18. The van der Waals surface area contributed by atoms with Gasteiger partial charge in [-0.05, 0) is 6.07 Å². The third-order valence-electron chi connectivity index (χ3n) is 1.63. The molecule has 0 saturated heterocycles. The highest BCUT2D eigenvalue weighted by molar-refractivity contribution is 6.35. The Bertz CT molecular complexity index is 473. The van der Waals surface area contributed by atoms with Crippen LogP contribution >= 0.6 is 23.2 Å². The van der Waals surface area contributed by atoms with Crippen LogP contribution in [0, 0.1) is 5.82 Å². The van der Waals surface area contributed by atoms with Gasteiger partial charge in [-0.2, -0.15) is 0 Å². The van der Waals surface area contributed by atoms with Crippen LogP contribution in [0.5, 0.6) is 0 Å². The van der Waals surface area contributed by atoms with Gasteiger partial charge in [0.25, 0.3) is 0 Å². The van der Waals surface area contributed by atoms with Crippen LogP contribution in [-0.4, -0.2) is 9.97 Å². The largest absolute Gasteiger partial charge is 0.236 e. The Morgan fingerprint density at radius 1 is 1.15 bits per heavy atom. The van der Waals surface area contributed by atoms with Gasteiger partial charge in [0.05, 0.1) is 10.5 Å². The van der Waals surface area contributed by atoms with Crippen molar-refractivity contribution in [1.29, 1.82) is 0 Å². The summed E-state index contributed by atoms with van der Waals surface area (Å²) in [6.07, 6.45) is 1.28. The van der Waals surface area contributed by atoms with Crippen molar-refractivity contribution >= 4 is 34.1 Å². The van der Waals surface area contributed by atoms with Gasteiger partial charge in [0.15, 0.2) is 0 Å². The molecule has 1 heterocycles. The Morgan fingerprint density at radius 3 is 2.69 bits per heavy atom. The van der Waals surface area contributed by atoms with Crippen LogP contribution in [-0.2, 0) is 0 Å². The number of rotatable bonds is 0. The van der Waals surface area contributed by atoms with Gasteiger partial charge in [0, 0.05) is 11.5 Å². The average Bonchev–Trinajstić information content (AvgIpc) is 2.09. The average molecular weight is 217 g/mol. The minimum Gasteiger partial charge on any atom is -0.236 e. The Hall–Kier alpha value is -0.930. The van der Waals surface area contributed by atoms with E-state index in [1.165, 1.54) is 18.5 Å². The quantitative estimate of drug-likeness (QED) is 0.633. The van der Waals surface area contributed by atoms with Gasteiger partial charge in [-0.15, -0.1) is 0 Å². The summed E-state index contributed by atoms with van der Waals surface area (Å²) in [7, 11) is 0. The van der Waals surface area contributed by atoms with E-state index in [2.05, 4.69) is 9.97 Å². The summed E-state index contributed by atoms with van der Waals surface area (Å²) in [6.45, 7) is 0. The fraction of sp³-hybridized carbons (Fsp3) is 0. The molecule has 2 aromatic rings. The van der Waals surface area contributed by atoms with Crippen LogP contribution < -0.4 is 0 Å². The van der Waals surface area contributed by atoms with Crippen molar-refractivity contribution in [2.75, 3.05) is 0 Å². The van der Waals surface area contributed by atoms with Crippen LogP contribution in [0.1, 0.15) is 0 Å². The molecule has 0 amide bonds. The molecule has 5 heteroatoms. The lowest BCUT2D eigenvalue weighted by Gasteiger charge is -1.99. The summed E-state index contributed by atoms with van der Waals surface area (Å²) in [6, 6.07) is 2.64. The molecule has 13 heavy (non-hydrogen) atoms. The molecule has 0 atom stereocenters. The standard InChI is InChI=1S/C8H3Cl2FN2/c9-5-1-4-7(2-6(5)11)12-3-13-8(4)10/h1-3H. The molecule has 2 nitrogen and oxygen atoms in total. The second-order valence-electron chi connectivity index (χ2n) is 2.45. The van der Waals surface area contributed by atoms with E-state index >= 15 is 0 Å². The first kappa shape index (κ1) is 8.66. The van der Waals surface area contributed by atoms with E-state index in [-0.39, 0.29) is 10.2 Å². The van der Waals surface area contributed by atoms with Gasteiger partial charge in [-0.3, -0.25) is 0 Å². The Labute approximate surface area is 83.3 Å². The van der Waals surface area contributed by atoms with Crippen LogP contribution in [0.2, 0.25) is 10.2 Å². The molecule has 0 bridgehead atoms. The Kier molecular flexibility index (Phi) is 2.06. The summed E-state index contributed by atoms with van der Waals surface area (Å²) in [5.41, 5.74) is 0.446. The number of hydrogen-bond acceptors (Lipinski definition) is 2. The van der Waals surface area contributed by atoms with E-state index in [0.29, 0.717) is 10.9 Å². The van der Waals surface area contributed by atoms with Gasteiger partial charge in [-0.1, -0.05) is 23.2 Å². The smallest absolute Gasteiger partial charge is 0.143 e. The highest BCUT2D eigenvalue weighted by atomic mass is 35.5. The molecular weight excluding hydrogens is 214 g/mol. The molecule has 2 rings (SSSR count). The van der Waals surface area contributed by atoms with Crippen molar-refractivity contribution in [1.82, 2.24) is 9.97 Å². The van der Waals surface area contributed by atoms with Crippen molar-refractivity contribution in [2.45, 2.75) is 0 Å². The van der Waals surface area contributed by atoms with Gasteiger partial charge >= 0.3 is 0 Å². The van der Waals surface area contributed by atoms with Crippen molar-refractivity contribution < 1.29 is 4.39 Å². The van der Waals surface area contributed by atoms with Crippen molar-refractivity contribution in [2.24, 2.45) is 0 Å². The highest BCUT2D eigenvalue weighted by Crippen LogP contribution is 2.25. The zero-order valence-electron chi connectivity index (χ0n) is 6.26. The fourth-order valence-electron chi connectivity index (χ4n) is 1.02. The number of hydrogen-bond donors (Lipinski definition) is 0. The van der Waals surface area contributed by atoms with Crippen LogP contribution in [0.3, 0.4) is 0 Å². The second kappa shape index (κ2) is 3.09. The molecule has 66 valence electrons. The lowest BCUT2D eigenvalue weighted by Crippen LogP contribution is -1.86. The Morgan fingerprint density at radius 2 is 1.92 bits per heavy atom. The molecule has 0 aliphatic heterocycles. The topological polar surface area (TPSA) is 25.8 Å². The summed E-state index contributed by atoms with van der Waals surface area (Å²) >= 11 is 11.3. The Balaban J connectivity index is 2.89. The maximum atomic E-state index is 12.9. The molecular formula is C8H3Cl2FN2. The fourth-order valence-corrected chi connectivity index (χ4v) is 1.38. The van der Waals surface area contributed by atoms with Crippen LogP contribution in [0.4, 0.5) is 4.39 Å². The molecule has 1 aromatic heterocycles. The third kappa shape index (κ3) is 1.45. The normalized spacial score (nSPS) is 10.7. The summed E-state index contributed by atoms with van der Waals surface area (Å²) in [5.74, 6) is -0.510. The molecule has 0 fully saturated rings. The lowest BCUT2D eigenvalue weighted by molar-refractivity contribution is 0.630. The predicted molar refractivity (Wildman–Crippen MR) is 49.5 cm³/mol. The number of fused-ring (bicyclic) bond motifs is 1. The number of nitrogens with zero attached hydrogens (tertiary/aromatic N) is 2. The van der Waals surface area contributed by atoms with Crippen LogP contribution in [0.25, 0.3) is 10.9 Å². The molecule has 0 unspecified atom stereocenters. The van der Waals surface area contributed by atoms with E-state index in [4.69, 9.17) is 23.2 Å². The van der Waals surface area contributed by atoms with Gasteiger partial charge in [-0.25, -0.2) is 14.4 Å². The molecule has 1 aromatic carbocycles. The van der Waals surface area contributed by atoms with Gasteiger partial charge < -0.3 is 0 Å². The lowest BCUT2D eigenvalue weighted by atomic mass is 10.2. The highest BCUT2D eigenvalue weighted by Gasteiger charge is 2.06. The van der Waals surface area contributed by atoms with Crippen LogP contribution in [0.15, 0.2) is 18.5 Å². The molecule has 0 radical (unpaired) electrons. The molecule has 0 spiro atoms. The third-order valence-corrected chi connectivity index (χ3v) is 2.22. The van der Waals surface area contributed by atoms with Gasteiger partial charge in [0.1, 0.15) is 17.3 Å². The van der Waals surface area contributed by atoms with E-state index in [1.54, 1.807) is 0 Å². The molecule has 0 saturated carbocycles.